The first kappa shape index (κ1) is 16.4. The van der Waals surface area contributed by atoms with Crippen LogP contribution in [0.15, 0.2) is 54.1 Å². The number of aryl methyl sites for hydroxylation is 1. The van der Waals surface area contributed by atoms with Gasteiger partial charge in [-0.25, -0.2) is 4.79 Å². The van der Waals surface area contributed by atoms with Crippen LogP contribution in [-0.4, -0.2) is 18.0 Å². The minimum Gasteiger partial charge on any atom is -0.497 e. The Kier molecular flexibility index (Phi) is 4.35. The number of ether oxygens (including phenoxy) is 2. The minimum atomic E-state index is -0.489. The number of carbonyl (C=O) groups is 1. The van der Waals surface area contributed by atoms with E-state index in [4.69, 9.17) is 9.47 Å². The van der Waals surface area contributed by atoms with Gasteiger partial charge >= 0.3 is 5.97 Å². The van der Waals surface area contributed by atoms with Gasteiger partial charge in [-0.1, -0.05) is 6.07 Å². The lowest BCUT2D eigenvalue weighted by molar-refractivity contribution is -0.384. The first-order valence-corrected chi connectivity index (χ1v) is 7.53. The molecule has 0 amide bonds. The second-order valence-electron chi connectivity index (χ2n) is 5.52. The number of non-ortho nitro benzene ring substituents is 1. The van der Waals surface area contributed by atoms with Crippen molar-refractivity contribution in [2.75, 3.05) is 7.11 Å². The first-order valence-electron chi connectivity index (χ1n) is 7.53. The Bertz CT molecular complexity index is 910. The number of nitrogens with zero attached hydrogens (tertiary/aromatic N) is 1. The van der Waals surface area contributed by atoms with Crippen molar-refractivity contribution in [2.45, 2.75) is 6.92 Å². The van der Waals surface area contributed by atoms with Gasteiger partial charge in [0, 0.05) is 17.7 Å². The molecular formula is C19H15NO5. The largest absolute Gasteiger partial charge is 0.497 e. The number of benzene rings is 2. The highest BCUT2D eigenvalue weighted by Crippen LogP contribution is 2.29. The number of esters is 1. The predicted molar refractivity (Wildman–Crippen MR) is 92.9 cm³/mol. The zero-order valence-corrected chi connectivity index (χ0v) is 13.7. The van der Waals surface area contributed by atoms with E-state index in [0.717, 1.165) is 11.1 Å². The van der Waals surface area contributed by atoms with E-state index in [1.807, 2.05) is 6.92 Å². The maximum absolute atomic E-state index is 12.1. The van der Waals surface area contributed by atoms with Gasteiger partial charge in [0.1, 0.15) is 11.5 Å². The van der Waals surface area contributed by atoms with Gasteiger partial charge in [-0.2, -0.15) is 0 Å². The highest BCUT2D eigenvalue weighted by atomic mass is 16.6. The third kappa shape index (κ3) is 3.42. The molecule has 126 valence electrons. The molecule has 2 aromatic rings. The number of hydrogen-bond donors (Lipinski definition) is 0. The molecule has 0 saturated carbocycles. The Morgan fingerprint density at radius 3 is 2.52 bits per heavy atom. The number of methoxy groups -OCH3 is 1. The normalized spacial score (nSPS) is 15.0. The molecule has 0 atom stereocenters. The Morgan fingerprint density at radius 2 is 1.88 bits per heavy atom. The van der Waals surface area contributed by atoms with E-state index in [1.165, 1.54) is 12.1 Å². The molecule has 3 rings (SSSR count). The molecule has 6 nitrogen and oxygen atoms in total. The summed E-state index contributed by atoms with van der Waals surface area (Å²) in [7, 11) is 1.58. The zero-order valence-electron chi connectivity index (χ0n) is 13.7. The van der Waals surface area contributed by atoms with Gasteiger partial charge in [0.2, 0.25) is 0 Å². The number of cyclic esters (lactones) is 1. The van der Waals surface area contributed by atoms with Crippen molar-refractivity contribution in [2.24, 2.45) is 0 Å². The lowest BCUT2D eigenvalue weighted by Crippen LogP contribution is -1.98. The molecule has 6 heteroatoms. The smallest absolute Gasteiger partial charge is 0.343 e. The molecule has 25 heavy (non-hydrogen) atoms. The lowest BCUT2D eigenvalue weighted by atomic mass is 10.0. The molecule has 0 radical (unpaired) electrons. The van der Waals surface area contributed by atoms with E-state index in [1.54, 1.807) is 49.6 Å². The molecule has 0 fully saturated rings. The summed E-state index contributed by atoms with van der Waals surface area (Å²) in [5.74, 6) is 0.648. The molecule has 2 aromatic carbocycles. The summed E-state index contributed by atoms with van der Waals surface area (Å²) in [4.78, 5) is 22.6. The first-order chi connectivity index (χ1) is 12.0. The van der Waals surface area contributed by atoms with Crippen LogP contribution in [0.4, 0.5) is 5.69 Å². The zero-order chi connectivity index (χ0) is 18.0. The summed E-state index contributed by atoms with van der Waals surface area (Å²) >= 11 is 0. The van der Waals surface area contributed by atoms with Crippen LogP contribution < -0.4 is 4.74 Å². The van der Waals surface area contributed by atoms with Gasteiger partial charge in [-0.15, -0.1) is 0 Å². The van der Waals surface area contributed by atoms with Crippen molar-refractivity contribution in [1.82, 2.24) is 0 Å². The SMILES string of the molecule is COc1ccc(C2=C/C(=C\c3cc([N+](=O)[O-])ccc3C)C(=O)O2)cc1. The van der Waals surface area contributed by atoms with E-state index < -0.39 is 10.9 Å². The Balaban J connectivity index is 1.95. The fourth-order valence-electron chi connectivity index (χ4n) is 2.45. The average molecular weight is 337 g/mol. The molecular weight excluding hydrogens is 322 g/mol. The van der Waals surface area contributed by atoms with Gasteiger partial charge in [0.05, 0.1) is 17.6 Å². The molecule has 0 aromatic heterocycles. The van der Waals surface area contributed by atoms with Gasteiger partial charge in [0.15, 0.2) is 0 Å². The molecule has 1 heterocycles. The number of nitro groups is 1. The number of hydrogen-bond acceptors (Lipinski definition) is 5. The van der Waals surface area contributed by atoms with Crippen molar-refractivity contribution in [3.8, 4) is 5.75 Å². The van der Waals surface area contributed by atoms with Crippen molar-refractivity contribution < 1.29 is 19.2 Å². The summed E-state index contributed by atoms with van der Waals surface area (Å²) in [6.45, 7) is 1.82. The van der Waals surface area contributed by atoms with Crippen molar-refractivity contribution in [3.63, 3.8) is 0 Å². The fourth-order valence-corrected chi connectivity index (χ4v) is 2.45. The fraction of sp³-hybridized carbons (Fsp3) is 0.105. The summed E-state index contributed by atoms with van der Waals surface area (Å²) in [5, 5.41) is 10.9. The van der Waals surface area contributed by atoms with Crippen LogP contribution in [0.3, 0.4) is 0 Å². The maximum Gasteiger partial charge on any atom is 0.343 e. The van der Waals surface area contributed by atoms with Crippen molar-refractivity contribution in [1.29, 1.82) is 0 Å². The van der Waals surface area contributed by atoms with E-state index in [-0.39, 0.29) is 5.69 Å². The molecule has 1 aliphatic rings. The summed E-state index contributed by atoms with van der Waals surface area (Å²) < 4.78 is 10.4. The van der Waals surface area contributed by atoms with E-state index in [2.05, 4.69) is 0 Å². The van der Waals surface area contributed by atoms with Crippen LogP contribution in [0.1, 0.15) is 16.7 Å². The summed E-state index contributed by atoms with van der Waals surface area (Å²) in [5.41, 5.74) is 2.50. The molecule has 1 aliphatic heterocycles. The molecule has 0 unspecified atom stereocenters. The molecule has 0 spiro atoms. The summed E-state index contributed by atoms with van der Waals surface area (Å²) in [6, 6.07) is 11.7. The highest BCUT2D eigenvalue weighted by molar-refractivity contribution is 6.05. The predicted octanol–water partition coefficient (Wildman–Crippen LogP) is 3.89. The van der Waals surface area contributed by atoms with Crippen LogP contribution in [0.5, 0.6) is 5.75 Å². The highest BCUT2D eigenvalue weighted by Gasteiger charge is 2.22. The maximum atomic E-state index is 12.1. The van der Waals surface area contributed by atoms with Crippen LogP contribution in [0, 0.1) is 17.0 Å². The standard InChI is InChI=1S/C19H15NO5/c1-12-3-6-16(20(22)23)10-14(12)9-15-11-18(25-19(15)21)13-4-7-17(24-2)8-5-13/h3-11H,1-2H3/b15-9+. The lowest BCUT2D eigenvalue weighted by Gasteiger charge is -2.03. The average Bonchev–Trinajstić information content (AvgIpc) is 2.97. The Hall–Kier alpha value is -3.41. The van der Waals surface area contributed by atoms with Gasteiger partial charge in [0.25, 0.3) is 5.69 Å². The quantitative estimate of drug-likeness (QED) is 0.366. The molecule has 0 saturated heterocycles. The Morgan fingerprint density at radius 1 is 1.16 bits per heavy atom. The molecule has 0 N–H and O–H groups in total. The number of rotatable bonds is 4. The van der Waals surface area contributed by atoms with Crippen LogP contribution in [-0.2, 0) is 9.53 Å². The third-order valence-electron chi connectivity index (χ3n) is 3.88. The minimum absolute atomic E-state index is 0.0248. The molecule has 0 bridgehead atoms. The topological polar surface area (TPSA) is 78.7 Å². The van der Waals surface area contributed by atoms with Crippen LogP contribution in [0.2, 0.25) is 0 Å². The van der Waals surface area contributed by atoms with Crippen LogP contribution >= 0.6 is 0 Å². The van der Waals surface area contributed by atoms with Crippen molar-refractivity contribution in [3.05, 3.63) is 80.9 Å². The second kappa shape index (κ2) is 6.60. The molecule has 0 aliphatic carbocycles. The van der Waals surface area contributed by atoms with E-state index >= 15 is 0 Å². The van der Waals surface area contributed by atoms with Crippen molar-refractivity contribution >= 4 is 23.5 Å². The monoisotopic (exact) mass is 337 g/mol. The van der Waals surface area contributed by atoms with Gasteiger partial charge in [-0.05, 0) is 54.5 Å². The Labute approximate surface area is 144 Å². The van der Waals surface area contributed by atoms with Gasteiger partial charge in [-0.3, -0.25) is 10.1 Å². The number of nitro benzene ring substituents is 1. The van der Waals surface area contributed by atoms with Gasteiger partial charge < -0.3 is 9.47 Å². The summed E-state index contributed by atoms with van der Waals surface area (Å²) in [6.07, 6.45) is 3.23. The third-order valence-corrected chi connectivity index (χ3v) is 3.88. The van der Waals surface area contributed by atoms with E-state index in [9.17, 15) is 14.9 Å². The second-order valence-corrected chi connectivity index (χ2v) is 5.52. The number of carbonyl (C=O) groups excluding carboxylic acids is 1. The van der Waals surface area contributed by atoms with E-state index in [0.29, 0.717) is 22.6 Å². The van der Waals surface area contributed by atoms with Crippen LogP contribution in [0.25, 0.3) is 11.8 Å².